The smallest absolute Gasteiger partial charge is 0.367 e. The number of hydrogen-bond acceptors (Lipinski definition) is 5. The van der Waals surface area contributed by atoms with E-state index in [-0.39, 0.29) is 15.1 Å². The molecule has 9 heteroatoms. The molecule has 0 bridgehead atoms. The van der Waals surface area contributed by atoms with Gasteiger partial charge in [-0.3, -0.25) is 0 Å². The van der Waals surface area contributed by atoms with Crippen molar-refractivity contribution in [3.63, 3.8) is 0 Å². The second-order valence-electron chi connectivity index (χ2n) is 2.97. The topological polar surface area (TPSA) is 86.7 Å². The van der Waals surface area contributed by atoms with E-state index in [9.17, 15) is 26.9 Å². The van der Waals surface area contributed by atoms with Crippen LogP contribution in [0.5, 0.6) is 11.5 Å². The summed E-state index contributed by atoms with van der Waals surface area (Å²) in [7, 11) is -5.77. The number of aromatic hydroxyl groups is 1. The molecule has 0 amide bonds. The molecule has 0 saturated heterocycles. The van der Waals surface area contributed by atoms with Crippen LogP contribution < -0.4 is 4.74 Å². The lowest BCUT2D eigenvalue weighted by Gasteiger charge is -2.20. The van der Waals surface area contributed by atoms with Gasteiger partial charge >= 0.3 is 5.25 Å². The van der Waals surface area contributed by atoms with Gasteiger partial charge in [-0.25, -0.2) is 8.42 Å². The first-order valence-electron chi connectivity index (χ1n) is 4.09. The Labute approximate surface area is 109 Å². The van der Waals surface area contributed by atoms with Crippen molar-refractivity contribution in [2.75, 3.05) is 6.61 Å². The summed E-state index contributed by atoms with van der Waals surface area (Å²) >= 11 is 1.63. The summed E-state index contributed by atoms with van der Waals surface area (Å²) in [6.07, 6.45) is 0. The van der Waals surface area contributed by atoms with Crippen molar-refractivity contribution in [2.45, 2.75) is 5.25 Å². The van der Waals surface area contributed by atoms with E-state index in [0.717, 1.165) is 0 Å². The summed E-state index contributed by atoms with van der Waals surface area (Å²) in [6, 6.07) is 3.89. The Morgan fingerprint density at radius 2 is 2.06 bits per heavy atom. The molecule has 0 atom stereocenters. The van der Waals surface area contributed by atoms with Crippen LogP contribution in [0.25, 0.3) is 0 Å². The fourth-order valence-corrected chi connectivity index (χ4v) is 1.56. The fraction of sp³-hybridized carbons (Fsp3) is 0.250. The predicted octanol–water partition coefficient (Wildman–Crippen LogP) is 1.51. The highest BCUT2D eigenvalue weighted by Gasteiger charge is 2.38. The molecule has 17 heavy (non-hydrogen) atoms. The summed E-state index contributed by atoms with van der Waals surface area (Å²) in [4.78, 5) is 0. The Hall–Kier alpha value is -0.680. The van der Waals surface area contributed by atoms with E-state index < -0.39 is 22.0 Å². The highest BCUT2D eigenvalue weighted by atomic mass is 127. The van der Waals surface area contributed by atoms with Gasteiger partial charge in [-0.1, -0.05) is 6.07 Å². The SMILES string of the molecule is O=S(=O)([O-])C(F)(F)COc1cccc(O)c1I. The maximum absolute atomic E-state index is 12.8. The Morgan fingerprint density at radius 1 is 1.47 bits per heavy atom. The van der Waals surface area contributed by atoms with Gasteiger partial charge in [0.1, 0.15) is 11.5 Å². The maximum atomic E-state index is 12.8. The molecule has 0 aliphatic rings. The molecule has 96 valence electrons. The quantitative estimate of drug-likeness (QED) is 0.633. The van der Waals surface area contributed by atoms with Gasteiger partial charge in [-0.05, 0) is 34.7 Å². The van der Waals surface area contributed by atoms with Crippen molar-refractivity contribution in [1.29, 1.82) is 0 Å². The lowest BCUT2D eigenvalue weighted by Crippen LogP contribution is -2.35. The standard InChI is InChI=1S/C8H7F2IO5S/c9-8(10,17(13,14)15)4-16-6-3-1-2-5(12)7(6)11/h1-3,12H,4H2,(H,13,14,15)/p-1. The third-order valence-corrected chi connectivity index (χ3v) is 3.64. The minimum atomic E-state index is -5.77. The van der Waals surface area contributed by atoms with E-state index in [0.29, 0.717) is 0 Å². The van der Waals surface area contributed by atoms with Gasteiger partial charge in [0.05, 0.1) is 3.57 Å². The molecule has 5 nitrogen and oxygen atoms in total. The number of rotatable bonds is 4. The van der Waals surface area contributed by atoms with Gasteiger partial charge in [-0.2, -0.15) is 8.78 Å². The summed E-state index contributed by atoms with van der Waals surface area (Å²) in [6.45, 7) is -1.60. The normalized spacial score (nSPS) is 12.5. The van der Waals surface area contributed by atoms with Crippen LogP contribution in [0.3, 0.4) is 0 Å². The van der Waals surface area contributed by atoms with Gasteiger partial charge in [-0.15, -0.1) is 0 Å². The predicted molar refractivity (Wildman–Crippen MR) is 61.0 cm³/mol. The molecule has 0 fully saturated rings. The van der Waals surface area contributed by atoms with Crippen molar-refractivity contribution >= 4 is 32.7 Å². The molecule has 0 unspecified atom stereocenters. The molecule has 1 aromatic carbocycles. The molecule has 0 radical (unpaired) electrons. The van der Waals surface area contributed by atoms with Crippen molar-refractivity contribution in [2.24, 2.45) is 0 Å². The lowest BCUT2D eigenvalue weighted by molar-refractivity contribution is 0.0275. The average molecular weight is 379 g/mol. The van der Waals surface area contributed by atoms with Crippen molar-refractivity contribution in [3.05, 3.63) is 21.8 Å². The van der Waals surface area contributed by atoms with Gasteiger partial charge < -0.3 is 14.4 Å². The van der Waals surface area contributed by atoms with Crippen LogP contribution in [0.1, 0.15) is 0 Å². The summed E-state index contributed by atoms with van der Waals surface area (Å²) < 4.78 is 60.7. The monoisotopic (exact) mass is 379 g/mol. The van der Waals surface area contributed by atoms with Gasteiger partial charge in [0.15, 0.2) is 16.7 Å². The Morgan fingerprint density at radius 3 is 2.59 bits per heavy atom. The number of hydrogen-bond donors (Lipinski definition) is 1. The van der Waals surface area contributed by atoms with Crippen molar-refractivity contribution in [3.8, 4) is 11.5 Å². The molecule has 0 spiro atoms. The minimum absolute atomic E-state index is 0.131. The zero-order valence-electron chi connectivity index (χ0n) is 8.06. The highest BCUT2D eigenvalue weighted by Crippen LogP contribution is 2.30. The number of phenolic OH excluding ortho intramolecular Hbond substituents is 1. The zero-order valence-corrected chi connectivity index (χ0v) is 11.0. The summed E-state index contributed by atoms with van der Waals surface area (Å²) in [5.41, 5.74) is 0. The van der Waals surface area contributed by atoms with Crippen LogP contribution in [-0.2, 0) is 10.1 Å². The van der Waals surface area contributed by atoms with Crippen LogP contribution in [-0.4, -0.2) is 29.9 Å². The van der Waals surface area contributed by atoms with Crippen LogP contribution in [0.15, 0.2) is 18.2 Å². The number of halogens is 3. The first-order chi connectivity index (χ1) is 7.65. The van der Waals surface area contributed by atoms with Crippen LogP contribution in [0.2, 0.25) is 0 Å². The summed E-state index contributed by atoms with van der Waals surface area (Å²) in [5, 5.41) is 4.72. The van der Waals surface area contributed by atoms with E-state index in [1.165, 1.54) is 18.2 Å². The van der Waals surface area contributed by atoms with Crippen LogP contribution >= 0.6 is 22.6 Å². The van der Waals surface area contributed by atoms with Gasteiger partial charge in [0, 0.05) is 0 Å². The molecule has 0 aliphatic carbocycles. The molecular formula is C8H6F2IO5S-. The number of ether oxygens (including phenoxy) is 1. The largest absolute Gasteiger partial charge is 0.743 e. The first kappa shape index (κ1) is 14.4. The van der Waals surface area contributed by atoms with Crippen LogP contribution in [0, 0.1) is 3.57 Å². The van der Waals surface area contributed by atoms with Gasteiger partial charge in [0.25, 0.3) is 0 Å². The third-order valence-electron chi connectivity index (χ3n) is 1.70. The molecule has 0 heterocycles. The van der Waals surface area contributed by atoms with E-state index in [1.807, 2.05) is 0 Å². The van der Waals surface area contributed by atoms with Crippen LogP contribution in [0.4, 0.5) is 8.78 Å². The fourth-order valence-electron chi connectivity index (χ4n) is 0.845. The number of phenols is 1. The first-order valence-corrected chi connectivity index (χ1v) is 6.57. The average Bonchev–Trinajstić information content (AvgIpc) is 2.18. The molecule has 1 rings (SSSR count). The third kappa shape index (κ3) is 3.39. The Bertz CT molecular complexity index is 517. The van der Waals surface area contributed by atoms with Gasteiger partial charge in [0.2, 0.25) is 0 Å². The second-order valence-corrected chi connectivity index (χ2v) is 5.55. The molecule has 0 saturated carbocycles. The minimum Gasteiger partial charge on any atom is -0.743 e. The molecular weight excluding hydrogens is 373 g/mol. The molecule has 1 N–H and O–H groups in total. The van der Waals surface area contributed by atoms with E-state index in [1.54, 1.807) is 22.6 Å². The molecule has 0 aliphatic heterocycles. The molecule has 1 aromatic rings. The molecule has 0 aromatic heterocycles. The van der Waals surface area contributed by atoms with E-state index >= 15 is 0 Å². The lowest BCUT2D eigenvalue weighted by atomic mass is 10.3. The van der Waals surface area contributed by atoms with Crippen molar-refractivity contribution < 1.29 is 31.6 Å². The van der Waals surface area contributed by atoms with E-state index in [2.05, 4.69) is 4.74 Å². The highest BCUT2D eigenvalue weighted by molar-refractivity contribution is 14.1. The number of benzene rings is 1. The zero-order chi connectivity index (χ0) is 13.3. The van der Waals surface area contributed by atoms with E-state index in [4.69, 9.17) is 0 Å². The summed E-state index contributed by atoms with van der Waals surface area (Å²) in [5.74, 6) is -0.328. The number of alkyl halides is 2. The maximum Gasteiger partial charge on any atom is 0.367 e. The second kappa shape index (κ2) is 4.90. The Balaban J connectivity index is 2.85. The Kier molecular flexibility index (Phi) is 4.15. The van der Waals surface area contributed by atoms with Crippen molar-refractivity contribution in [1.82, 2.24) is 0 Å².